The maximum Gasteiger partial charge on any atom is 0.306 e. The zero-order valence-corrected chi connectivity index (χ0v) is 50.5. The SMILES string of the molecule is CC/C=C\C/C=C\C/C=C\C/C=C\CCCCCCCCCCCCCCC(=O)OCC(COC(=O)CCCCCCC/C=C\C/C=C\CCCCCC)OC(=O)CCCCCCCCCCCCCCCCCCC. The van der Waals surface area contributed by atoms with Crippen LogP contribution in [0.15, 0.2) is 72.9 Å². The summed E-state index contributed by atoms with van der Waals surface area (Å²) in [7, 11) is 0. The van der Waals surface area contributed by atoms with E-state index in [0.29, 0.717) is 19.3 Å². The van der Waals surface area contributed by atoms with Gasteiger partial charge in [-0.3, -0.25) is 14.4 Å². The van der Waals surface area contributed by atoms with Crippen LogP contribution in [0.5, 0.6) is 0 Å². The Labute approximate surface area is 472 Å². The zero-order chi connectivity index (χ0) is 55.0. The highest BCUT2D eigenvalue weighted by Gasteiger charge is 2.19. The van der Waals surface area contributed by atoms with Crippen LogP contribution in [0.1, 0.15) is 335 Å². The van der Waals surface area contributed by atoms with Gasteiger partial charge >= 0.3 is 17.9 Å². The molecule has 0 amide bonds. The van der Waals surface area contributed by atoms with Gasteiger partial charge in [0.15, 0.2) is 6.10 Å². The molecule has 0 radical (unpaired) electrons. The van der Waals surface area contributed by atoms with E-state index < -0.39 is 6.10 Å². The number of carbonyl (C=O) groups is 3. The van der Waals surface area contributed by atoms with Crippen molar-refractivity contribution in [2.75, 3.05) is 13.2 Å². The summed E-state index contributed by atoms with van der Waals surface area (Å²) in [4.78, 5) is 38.4. The van der Waals surface area contributed by atoms with Crippen LogP contribution in [0, 0.1) is 0 Å². The maximum atomic E-state index is 12.9. The molecule has 0 saturated carbocycles. The van der Waals surface area contributed by atoms with Crippen molar-refractivity contribution in [1.29, 1.82) is 0 Å². The molecule has 0 aliphatic heterocycles. The van der Waals surface area contributed by atoms with Crippen molar-refractivity contribution in [2.24, 2.45) is 0 Å². The topological polar surface area (TPSA) is 78.9 Å². The molecule has 0 saturated heterocycles. The van der Waals surface area contributed by atoms with Crippen molar-refractivity contribution in [1.82, 2.24) is 0 Å². The van der Waals surface area contributed by atoms with Crippen LogP contribution in [0.25, 0.3) is 0 Å². The molecule has 0 bridgehead atoms. The van der Waals surface area contributed by atoms with Gasteiger partial charge in [0.25, 0.3) is 0 Å². The van der Waals surface area contributed by atoms with E-state index >= 15 is 0 Å². The molecule has 6 heteroatoms. The summed E-state index contributed by atoms with van der Waals surface area (Å²) in [6, 6.07) is 0. The predicted molar refractivity (Wildman–Crippen MR) is 330 cm³/mol. The number of hydrogen-bond acceptors (Lipinski definition) is 6. The largest absolute Gasteiger partial charge is 0.462 e. The van der Waals surface area contributed by atoms with Crippen molar-refractivity contribution in [3.63, 3.8) is 0 Å². The standard InChI is InChI=1S/C70H124O6/c1-4-7-10-13-16-19-22-25-28-31-32-33-34-35-36-37-38-40-42-45-48-51-54-57-60-63-69(72)75-66-67(65-74-68(71)62-59-56-53-50-47-44-41-30-27-24-21-18-15-12-9-6-3)76-70(73)64-61-58-55-52-49-46-43-39-29-26-23-20-17-14-11-8-5-2/h7,10,16,19,21,24-25,28,30,32-33,41,67H,4-6,8-9,11-15,17-18,20,22-23,26-27,29,31,34-40,42-66H2,1-3H3/b10-7-,19-16-,24-21-,28-25-,33-32-,41-30-. The molecule has 0 spiro atoms. The Bertz CT molecular complexity index is 1400. The third kappa shape index (κ3) is 61.7. The second kappa shape index (κ2) is 64.4. The van der Waals surface area contributed by atoms with Gasteiger partial charge in [-0.1, -0.05) is 299 Å². The summed E-state index contributed by atoms with van der Waals surface area (Å²) < 4.78 is 17.0. The van der Waals surface area contributed by atoms with E-state index in [1.165, 1.54) is 193 Å². The summed E-state index contributed by atoms with van der Waals surface area (Å²) in [5.41, 5.74) is 0. The summed E-state index contributed by atoms with van der Waals surface area (Å²) in [6.45, 7) is 6.55. The summed E-state index contributed by atoms with van der Waals surface area (Å²) in [5, 5.41) is 0. The minimum absolute atomic E-state index is 0.0774. The predicted octanol–water partition coefficient (Wildman–Crippen LogP) is 22.5. The van der Waals surface area contributed by atoms with Crippen molar-refractivity contribution in [2.45, 2.75) is 341 Å². The number of esters is 3. The minimum Gasteiger partial charge on any atom is -0.462 e. The van der Waals surface area contributed by atoms with E-state index in [-0.39, 0.29) is 31.1 Å². The van der Waals surface area contributed by atoms with E-state index in [9.17, 15) is 14.4 Å². The van der Waals surface area contributed by atoms with E-state index in [1.807, 2.05) is 0 Å². The van der Waals surface area contributed by atoms with Gasteiger partial charge in [-0.05, 0) is 89.9 Å². The molecule has 76 heavy (non-hydrogen) atoms. The summed E-state index contributed by atoms with van der Waals surface area (Å²) >= 11 is 0. The second-order valence-electron chi connectivity index (χ2n) is 22.0. The number of carbonyl (C=O) groups excluding carboxylic acids is 3. The third-order valence-electron chi connectivity index (χ3n) is 14.4. The highest BCUT2D eigenvalue weighted by Crippen LogP contribution is 2.17. The molecular formula is C70H124O6. The molecule has 0 aromatic rings. The lowest BCUT2D eigenvalue weighted by molar-refractivity contribution is -0.167. The zero-order valence-electron chi connectivity index (χ0n) is 50.5. The first-order valence-corrected chi connectivity index (χ1v) is 32.9. The first kappa shape index (κ1) is 72.8. The molecule has 1 atom stereocenters. The van der Waals surface area contributed by atoms with E-state index in [0.717, 1.165) is 103 Å². The average Bonchev–Trinajstić information content (AvgIpc) is 3.42. The second-order valence-corrected chi connectivity index (χ2v) is 22.0. The Morgan fingerprint density at radius 1 is 0.276 bits per heavy atom. The molecule has 0 aliphatic rings. The number of rotatable bonds is 60. The van der Waals surface area contributed by atoms with Crippen LogP contribution in [0.3, 0.4) is 0 Å². The van der Waals surface area contributed by atoms with E-state index in [4.69, 9.17) is 14.2 Å². The molecule has 0 aromatic carbocycles. The van der Waals surface area contributed by atoms with Crippen LogP contribution in [-0.2, 0) is 28.6 Å². The Morgan fingerprint density at radius 2 is 0.513 bits per heavy atom. The Balaban J connectivity index is 4.32. The number of ether oxygens (including phenoxy) is 3. The van der Waals surface area contributed by atoms with Crippen LogP contribution < -0.4 is 0 Å². The quantitative estimate of drug-likeness (QED) is 0.0261. The highest BCUT2D eigenvalue weighted by atomic mass is 16.6. The summed E-state index contributed by atoms with van der Waals surface area (Å²) in [6.07, 6.45) is 83.3. The van der Waals surface area contributed by atoms with Crippen LogP contribution in [-0.4, -0.2) is 37.2 Å². The van der Waals surface area contributed by atoms with Crippen molar-refractivity contribution >= 4 is 17.9 Å². The molecule has 0 heterocycles. The molecule has 1 unspecified atom stereocenters. The number of hydrogen-bond donors (Lipinski definition) is 0. The Morgan fingerprint density at radius 3 is 0.816 bits per heavy atom. The Kier molecular flexibility index (Phi) is 61.7. The van der Waals surface area contributed by atoms with Crippen LogP contribution in [0.2, 0.25) is 0 Å². The van der Waals surface area contributed by atoms with Gasteiger partial charge in [-0.25, -0.2) is 0 Å². The van der Waals surface area contributed by atoms with Gasteiger partial charge in [-0.2, -0.15) is 0 Å². The average molecular weight is 1060 g/mol. The molecular weight excluding hydrogens is 937 g/mol. The molecule has 0 fully saturated rings. The molecule has 440 valence electrons. The van der Waals surface area contributed by atoms with Crippen molar-refractivity contribution in [3.8, 4) is 0 Å². The van der Waals surface area contributed by atoms with Gasteiger partial charge in [-0.15, -0.1) is 0 Å². The smallest absolute Gasteiger partial charge is 0.306 e. The molecule has 0 aliphatic carbocycles. The third-order valence-corrected chi connectivity index (χ3v) is 14.4. The number of unbranched alkanes of at least 4 members (excludes halogenated alkanes) is 37. The van der Waals surface area contributed by atoms with Gasteiger partial charge < -0.3 is 14.2 Å². The van der Waals surface area contributed by atoms with Crippen molar-refractivity contribution in [3.05, 3.63) is 72.9 Å². The van der Waals surface area contributed by atoms with E-state index in [1.54, 1.807) is 0 Å². The first-order chi connectivity index (χ1) is 37.5. The molecule has 0 N–H and O–H groups in total. The van der Waals surface area contributed by atoms with Gasteiger partial charge in [0, 0.05) is 19.3 Å². The fourth-order valence-electron chi connectivity index (χ4n) is 9.53. The van der Waals surface area contributed by atoms with Crippen molar-refractivity contribution < 1.29 is 28.6 Å². The summed E-state index contributed by atoms with van der Waals surface area (Å²) in [5.74, 6) is -0.874. The minimum atomic E-state index is -0.781. The van der Waals surface area contributed by atoms with Gasteiger partial charge in [0.2, 0.25) is 0 Å². The monoisotopic (exact) mass is 1060 g/mol. The maximum absolute atomic E-state index is 12.9. The van der Waals surface area contributed by atoms with Gasteiger partial charge in [0.1, 0.15) is 13.2 Å². The fourth-order valence-corrected chi connectivity index (χ4v) is 9.53. The van der Waals surface area contributed by atoms with Crippen LogP contribution >= 0.6 is 0 Å². The molecule has 6 nitrogen and oxygen atoms in total. The Hall–Kier alpha value is -3.15. The lowest BCUT2D eigenvalue weighted by Gasteiger charge is -2.18. The van der Waals surface area contributed by atoms with Gasteiger partial charge in [0.05, 0.1) is 0 Å². The molecule has 0 aromatic heterocycles. The molecule has 0 rings (SSSR count). The highest BCUT2D eigenvalue weighted by molar-refractivity contribution is 5.71. The lowest BCUT2D eigenvalue weighted by atomic mass is 10.0. The fraction of sp³-hybridized carbons (Fsp3) is 0.786. The van der Waals surface area contributed by atoms with E-state index in [2.05, 4.69) is 93.7 Å². The van der Waals surface area contributed by atoms with Crippen LogP contribution in [0.4, 0.5) is 0 Å². The number of allylic oxidation sites excluding steroid dienone is 12. The normalized spacial score (nSPS) is 12.5. The first-order valence-electron chi connectivity index (χ1n) is 32.9. The lowest BCUT2D eigenvalue weighted by Crippen LogP contribution is -2.30.